The molecular formula is C19H27N3O2. The van der Waals surface area contributed by atoms with Crippen LogP contribution in [0.25, 0.3) is 0 Å². The van der Waals surface area contributed by atoms with Gasteiger partial charge in [-0.05, 0) is 42.4 Å². The number of nitrogens with zero attached hydrogens (tertiary/aromatic N) is 1. The lowest BCUT2D eigenvalue weighted by molar-refractivity contribution is -0.117. The maximum absolute atomic E-state index is 12.8. The van der Waals surface area contributed by atoms with Gasteiger partial charge in [0.2, 0.25) is 5.91 Å². The molecule has 2 aliphatic heterocycles. The SMILES string of the molecule is CC1CC(C)CN(C(=O)c2ccc3c(c2)NC(=O)C(C(C)C)N3)C1. The molecule has 2 heterocycles. The topological polar surface area (TPSA) is 61.4 Å². The molecule has 3 unspecified atom stereocenters. The number of carbonyl (C=O) groups excluding carboxylic acids is 2. The number of hydrogen-bond acceptors (Lipinski definition) is 3. The summed E-state index contributed by atoms with van der Waals surface area (Å²) in [5.41, 5.74) is 2.21. The van der Waals surface area contributed by atoms with Gasteiger partial charge in [0.05, 0.1) is 11.4 Å². The van der Waals surface area contributed by atoms with Gasteiger partial charge in [-0.2, -0.15) is 0 Å². The Balaban J connectivity index is 1.80. The van der Waals surface area contributed by atoms with E-state index < -0.39 is 0 Å². The van der Waals surface area contributed by atoms with Crippen LogP contribution in [0.1, 0.15) is 44.5 Å². The van der Waals surface area contributed by atoms with Crippen LogP contribution in [-0.4, -0.2) is 35.8 Å². The molecule has 3 atom stereocenters. The number of rotatable bonds is 2. The Morgan fingerprint density at radius 2 is 1.83 bits per heavy atom. The third-order valence-corrected chi connectivity index (χ3v) is 4.94. The second kappa shape index (κ2) is 6.46. The highest BCUT2D eigenvalue weighted by Gasteiger charge is 2.30. The standard InChI is InChI=1S/C19H27N3O2/c1-11(2)17-18(23)21-16-8-14(5-6-15(16)20-17)19(24)22-9-12(3)7-13(4)10-22/h5-6,8,11-13,17,20H,7,9-10H2,1-4H3,(H,21,23). The first-order chi connectivity index (χ1) is 11.3. The Bertz CT molecular complexity index is 646. The van der Waals surface area contributed by atoms with Crippen LogP contribution in [0.3, 0.4) is 0 Å². The first-order valence-corrected chi connectivity index (χ1v) is 8.86. The van der Waals surface area contributed by atoms with Crippen molar-refractivity contribution in [1.29, 1.82) is 0 Å². The van der Waals surface area contributed by atoms with Crippen LogP contribution in [0.5, 0.6) is 0 Å². The van der Waals surface area contributed by atoms with Crippen molar-refractivity contribution in [3.63, 3.8) is 0 Å². The monoisotopic (exact) mass is 329 g/mol. The molecule has 2 amide bonds. The molecule has 1 aromatic carbocycles. The lowest BCUT2D eigenvalue weighted by Crippen LogP contribution is -2.43. The van der Waals surface area contributed by atoms with Gasteiger partial charge >= 0.3 is 0 Å². The summed E-state index contributed by atoms with van der Waals surface area (Å²) in [6, 6.07) is 5.31. The zero-order chi connectivity index (χ0) is 17.4. The van der Waals surface area contributed by atoms with Gasteiger partial charge in [0, 0.05) is 18.7 Å². The van der Waals surface area contributed by atoms with Crippen molar-refractivity contribution in [3.8, 4) is 0 Å². The Labute approximate surface area is 143 Å². The molecule has 0 bridgehead atoms. The van der Waals surface area contributed by atoms with Crippen LogP contribution in [0.2, 0.25) is 0 Å². The second-order valence-electron chi connectivity index (χ2n) is 7.77. The van der Waals surface area contributed by atoms with Gasteiger partial charge in [-0.15, -0.1) is 0 Å². The van der Waals surface area contributed by atoms with E-state index in [0.29, 0.717) is 23.1 Å². The summed E-state index contributed by atoms with van der Waals surface area (Å²) in [4.78, 5) is 27.0. The van der Waals surface area contributed by atoms with E-state index in [4.69, 9.17) is 0 Å². The Morgan fingerprint density at radius 3 is 2.46 bits per heavy atom. The molecule has 5 nitrogen and oxygen atoms in total. The molecule has 24 heavy (non-hydrogen) atoms. The summed E-state index contributed by atoms with van der Waals surface area (Å²) in [5.74, 6) is 1.28. The summed E-state index contributed by atoms with van der Waals surface area (Å²) in [7, 11) is 0. The number of fused-ring (bicyclic) bond motifs is 1. The fourth-order valence-electron chi connectivity index (χ4n) is 3.83. The molecule has 1 fully saturated rings. The van der Waals surface area contributed by atoms with E-state index in [1.807, 2.05) is 30.9 Å². The number of hydrogen-bond donors (Lipinski definition) is 2. The van der Waals surface area contributed by atoms with Gasteiger partial charge in [0.25, 0.3) is 5.91 Å². The zero-order valence-corrected chi connectivity index (χ0v) is 14.9. The normalized spacial score (nSPS) is 26.6. The molecule has 1 saturated heterocycles. The van der Waals surface area contributed by atoms with Crippen molar-refractivity contribution < 1.29 is 9.59 Å². The third kappa shape index (κ3) is 3.25. The lowest BCUT2D eigenvalue weighted by atomic mass is 9.91. The van der Waals surface area contributed by atoms with Gasteiger partial charge in [0.15, 0.2) is 0 Å². The van der Waals surface area contributed by atoms with Crippen LogP contribution in [0.4, 0.5) is 11.4 Å². The van der Waals surface area contributed by atoms with E-state index in [9.17, 15) is 9.59 Å². The van der Waals surface area contributed by atoms with E-state index in [1.165, 1.54) is 6.42 Å². The molecule has 130 valence electrons. The molecule has 3 rings (SSSR count). The van der Waals surface area contributed by atoms with Gasteiger partial charge in [-0.1, -0.05) is 27.7 Å². The highest BCUT2D eigenvalue weighted by atomic mass is 16.2. The quantitative estimate of drug-likeness (QED) is 0.876. The van der Waals surface area contributed by atoms with Gasteiger partial charge in [-0.3, -0.25) is 9.59 Å². The average molecular weight is 329 g/mol. The molecule has 0 aliphatic carbocycles. The molecule has 0 spiro atoms. The Morgan fingerprint density at radius 1 is 1.17 bits per heavy atom. The summed E-state index contributed by atoms with van der Waals surface area (Å²) in [5, 5.41) is 6.20. The number of anilines is 2. The Hall–Kier alpha value is -2.04. The maximum atomic E-state index is 12.8. The van der Waals surface area contributed by atoms with Gasteiger partial charge in [-0.25, -0.2) is 0 Å². The predicted molar refractivity (Wildman–Crippen MR) is 96.2 cm³/mol. The second-order valence-corrected chi connectivity index (χ2v) is 7.77. The number of amides is 2. The molecule has 1 aromatic rings. The van der Waals surface area contributed by atoms with Crippen molar-refractivity contribution in [3.05, 3.63) is 23.8 Å². The lowest BCUT2D eigenvalue weighted by Gasteiger charge is -2.35. The van der Waals surface area contributed by atoms with Crippen molar-refractivity contribution >= 4 is 23.2 Å². The molecule has 0 saturated carbocycles. The highest BCUT2D eigenvalue weighted by Crippen LogP contribution is 2.31. The molecule has 0 radical (unpaired) electrons. The largest absolute Gasteiger partial charge is 0.372 e. The fourth-order valence-corrected chi connectivity index (χ4v) is 3.83. The minimum atomic E-state index is -0.233. The van der Waals surface area contributed by atoms with Crippen molar-refractivity contribution in [2.45, 2.75) is 40.2 Å². The van der Waals surface area contributed by atoms with E-state index in [0.717, 1.165) is 18.8 Å². The summed E-state index contributed by atoms with van der Waals surface area (Å²) in [6.07, 6.45) is 1.17. The number of piperidine rings is 1. The van der Waals surface area contributed by atoms with Crippen LogP contribution in [-0.2, 0) is 4.79 Å². The number of nitrogens with one attached hydrogen (secondary N) is 2. The van der Waals surface area contributed by atoms with Crippen molar-refractivity contribution in [1.82, 2.24) is 4.90 Å². The highest BCUT2D eigenvalue weighted by molar-refractivity contribution is 6.05. The van der Waals surface area contributed by atoms with E-state index in [-0.39, 0.29) is 23.8 Å². The van der Waals surface area contributed by atoms with E-state index in [1.54, 1.807) is 6.07 Å². The minimum Gasteiger partial charge on any atom is -0.372 e. The van der Waals surface area contributed by atoms with Gasteiger partial charge in [0.1, 0.15) is 6.04 Å². The van der Waals surface area contributed by atoms with Crippen molar-refractivity contribution in [2.75, 3.05) is 23.7 Å². The average Bonchev–Trinajstić information content (AvgIpc) is 2.51. The fraction of sp³-hybridized carbons (Fsp3) is 0.579. The smallest absolute Gasteiger partial charge is 0.253 e. The molecule has 0 aromatic heterocycles. The van der Waals surface area contributed by atoms with Gasteiger partial charge < -0.3 is 15.5 Å². The van der Waals surface area contributed by atoms with Crippen LogP contribution >= 0.6 is 0 Å². The van der Waals surface area contributed by atoms with E-state index in [2.05, 4.69) is 24.5 Å². The first-order valence-electron chi connectivity index (χ1n) is 8.86. The molecular weight excluding hydrogens is 302 g/mol. The molecule has 2 N–H and O–H groups in total. The maximum Gasteiger partial charge on any atom is 0.253 e. The van der Waals surface area contributed by atoms with Crippen LogP contribution in [0, 0.1) is 17.8 Å². The molecule has 2 aliphatic rings. The minimum absolute atomic E-state index is 0.0395. The number of benzene rings is 1. The van der Waals surface area contributed by atoms with Crippen molar-refractivity contribution in [2.24, 2.45) is 17.8 Å². The Kier molecular flexibility index (Phi) is 4.52. The zero-order valence-electron chi connectivity index (χ0n) is 14.9. The summed E-state index contributed by atoms with van der Waals surface area (Å²) < 4.78 is 0. The number of carbonyl (C=O) groups is 2. The predicted octanol–water partition coefficient (Wildman–Crippen LogP) is 3.19. The summed E-state index contributed by atoms with van der Waals surface area (Å²) >= 11 is 0. The third-order valence-electron chi connectivity index (χ3n) is 4.94. The molecule has 5 heteroatoms. The van der Waals surface area contributed by atoms with Crippen LogP contribution in [0.15, 0.2) is 18.2 Å². The van der Waals surface area contributed by atoms with E-state index >= 15 is 0 Å². The first kappa shape index (κ1) is 16.8. The number of likely N-dealkylation sites (tertiary alicyclic amines) is 1. The van der Waals surface area contributed by atoms with Crippen LogP contribution < -0.4 is 10.6 Å². The summed E-state index contributed by atoms with van der Waals surface area (Å²) in [6.45, 7) is 10.0.